The maximum absolute atomic E-state index is 12.6. The first-order valence-corrected chi connectivity index (χ1v) is 11.1. The van der Waals surface area contributed by atoms with E-state index in [1.54, 1.807) is 0 Å². The quantitative estimate of drug-likeness (QED) is 0.603. The molecule has 11 heteroatoms. The first-order valence-electron chi connectivity index (χ1n) is 11.1. The van der Waals surface area contributed by atoms with Crippen LogP contribution in [0.25, 0.3) is 0 Å². The van der Waals surface area contributed by atoms with Gasteiger partial charge in [-0.05, 0) is 6.54 Å². The summed E-state index contributed by atoms with van der Waals surface area (Å²) in [5, 5.41) is 3.21. The number of likely N-dealkylation sites (tertiary alicyclic amines) is 1. The first kappa shape index (κ1) is 26.4. The van der Waals surface area contributed by atoms with Crippen LogP contribution in [0, 0.1) is 0 Å². The summed E-state index contributed by atoms with van der Waals surface area (Å²) in [4.78, 5) is 33.7. The van der Waals surface area contributed by atoms with E-state index >= 15 is 0 Å². The Bertz CT molecular complexity index is 592. The van der Waals surface area contributed by atoms with Gasteiger partial charge in [-0.2, -0.15) is 0 Å². The number of piperazine rings is 1. The van der Waals surface area contributed by atoms with E-state index in [2.05, 4.69) is 22.0 Å². The molecule has 4 heterocycles. The van der Waals surface area contributed by atoms with Gasteiger partial charge in [-0.1, -0.05) is 6.92 Å². The van der Waals surface area contributed by atoms with Gasteiger partial charge in [0.15, 0.2) is 0 Å². The largest absolute Gasteiger partial charge is 0.441 e. The number of carbonyl (C=O) groups is 2. The third-order valence-electron chi connectivity index (χ3n) is 6.83. The molecule has 4 rings (SSSR count). The standard InChI is InChI=1S/C20H35N5O4.2ClH/c1-2-22-8-10-23(11-9-22)12-13-25-16-20(29-19(25)27)3-6-24(7-4-20)18(26)17-15-21-5-14-28-17;;/h17,21H,2-16H2,1H3;2*1H. The van der Waals surface area contributed by atoms with Gasteiger partial charge >= 0.3 is 6.09 Å². The second kappa shape index (κ2) is 11.9. The van der Waals surface area contributed by atoms with E-state index in [0.717, 1.165) is 52.4 Å². The van der Waals surface area contributed by atoms with E-state index in [9.17, 15) is 9.59 Å². The minimum absolute atomic E-state index is 0. The summed E-state index contributed by atoms with van der Waals surface area (Å²) in [6, 6.07) is 0. The zero-order valence-electron chi connectivity index (χ0n) is 18.4. The fourth-order valence-electron chi connectivity index (χ4n) is 4.78. The van der Waals surface area contributed by atoms with E-state index in [1.807, 2.05) is 9.80 Å². The lowest BCUT2D eigenvalue weighted by Gasteiger charge is -2.39. The predicted octanol–water partition coefficient (Wildman–Crippen LogP) is 0.269. The summed E-state index contributed by atoms with van der Waals surface area (Å²) < 4.78 is 11.4. The summed E-state index contributed by atoms with van der Waals surface area (Å²) in [7, 11) is 0. The Morgan fingerprint density at radius 3 is 2.35 bits per heavy atom. The number of morpholine rings is 1. The molecule has 1 N–H and O–H groups in total. The molecule has 4 aliphatic rings. The van der Waals surface area contributed by atoms with Crippen LogP contribution in [-0.2, 0) is 14.3 Å². The Morgan fingerprint density at radius 2 is 1.74 bits per heavy atom. The van der Waals surface area contributed by atoms with E-state index in [-0.39, 0.29) is 42.9 Å². The highest BCUT2D eigenvalue weighted by Gasteiger charge is 2.47. The van der Waals surface area contributed by atoms with E-state index in [4.69, 9.17) is 9.47 Å². The lowest BCUT2D eigenvalue weighted by molar-refractivity contribution is -0.148. The summed E-state index contributed by atoms with van der Waals surface area (Å²) in [6.45, 7) is 13.1. The molecule has 1 spiro atoms. The van der Waals surface area contributed by atoms with Gasteiger partial charge in [-0.3, -0.25) is 9.69 Å². The number of rotatable bonds is 5. The molecule has 0 aromatic rings. The van der Waals surface area contributed by atoms with Crippen LogP contribution in [0.15, 0.2) is 0 Å². The molecule has 4 fully saturated rings. The van der Waals surface area contributed by atoms with Gasteiger partial charge < -0.3 is 29.5 Å². The summed E-state index contributed by atoms with van der Waals surface area (Å²) in [5.74, 6) is 0.0550. The first-order chi connectivity index (χ1) is 14.1. The van der Waals surface area contributed by atoms with Crippen molar-refractivity contribution in [1.29, 1.82) is 0 Å². The highest BCUT2D eigenvalue weighted by Crippen LogP contribution is 2.33. The molecular weight excluding hydrogens is 445 g/mol. The van der Waals surface area contributed by atoms with Crippen molar-refractivity contribution in [2.45, 2.75) is 31.5 Å². The Hall–Kier alpha value is -0.840. The maximum atomic E-state index is 12.6. The van der Waals surface area contributed by atoms with Crippen LogP contribution in [0.5, 0.6) is 0 Å². The number of nitrogens with one attached hydrogen (secondary N) is 1. The SMILES string of the molecule is CCN1CCN(CCN2CC3(CCN(C(=O)C4CNCCO4)CC3)OC2=O)CC1.Cl.Cl. The van der Waals surface area contributed by atoms with Crippen LogP contribution < -0.4 is 5.32 Å². The minimum Gasteiger partial charge on any atom is -0.441 e. The molecule has 2 amide bonds. The van der Waals surface area contributed by atoms with Crippen LogP contribution in [0.2, 0.25) is 0 Å². The van der Waals surface area contributed by atoms with Crippen molar-refractivity contribution >= 4 is 36.8 Å². The molecule has 4 aliphatic heterocycles. The molecular formula is C20H37Cl2N5O4. The Kier molecular flexibility index (Phi) is 10.1. The third-order valence-corrected chi connectivity index (χ3v) is 6.83. The van der Waals surface area contributed by atoms with Gasteiger partial charge in [-0.15, -0.1) is 24.8 Å². The average Bonchev–Trinajstić information content (AvgIpc) is 3.08. The summed E-state index contributed by atoms with van der Waals surface area (Å²) in [5.41, 5.74) is -0.430. The summed E-state index contributed by atoms with van der Waals surface area (Å²) >= 11 is 0. The second-order valence-corrected chi connectivity index (χ2v) is 8.64. The molecule has 180 valence electrons. The number of ether oxygens (including phenoxy) is 2. The van der Waals surface area contributed by atoms with Crippen LogP contribution in [0.3, 0.4) is 0 Å². The highest BCUT2D eigenvalue weighted by atomic mass is 35.5. The fourth-order valence-corrected chi connectivity index (χ4v) is 4.78. The zero-order valence-corrected chi connectivity index (χ0v) is 20.1. The molecule has 0 bridgehead atoms. The molecule has 0 aromatic heterocycles. The van der Waals surface area contributed by atoms with Crippen molar-refractivity contribution < 1.29 is 19.1 Å². The van der Waals surface area contributed by atoms with E-state index in [0.29, 0.717) is 45.6 Å². The van der Waals surface area contributed by atoms with E-state index < -0.39 is 5.60 Å². The van der Waals surface area contributed by atoms with Crippen molar-refractivity contribution in [2.24, 2.45) is 0 Å². The summed E-state index contributed by atoms with van der Waals surface area (Å²) in [6.07, 6.45) is 0.831. The van der Waals surface area contributed by atoms with Gasteiger partial charge in [0, 0.05) is 78.3 Å². The number of likely N-dealkylation sites (N-methyl/N-ethyl adjacent to an activating group) is 1. The number of hydrogen-bond donors (Lipinski definition) is 1. The lowest BCUT2D eigenvalue weighted by Crippen LogP contribution is -2.54. The third kappa shape index (κ3) is 6.36. The van der Waals surface area contributed by atoms with Gasteiger partial charge in [0.2, 0.25) is 0 Å². The number of hydrogen-bond acceptors (Lipinski definition) is 7. The number of carbonyl (C=O) groups excluding carboxylic acids is 2. The zero-order chi connectivity index (χ0) is 20.3. The molecule has 4 saturated heterocycles. The van der Waals surface area contributed by atoms with E-state index in [1.165, 1.54) is 0 Å². The second-order valence-electron chi connectivity index (χ2n) is 8.64. The topological polar surface area (TPSA) is 77.6 Å². The average molecular weight is 482 g/mol. The Morgan fingerprint density at radius 1 is 1.06 bits per heavy atom. The number of halogens is 2. The van der Waals surface area contributed by atoms with Crippen molar-refractivity contribution in [3.8, 4) is 0 Å². The van der Waals surface area contributed by atoms with Crippen LogP contribution >= 0.6 is 24.8 Å². The van der Waals surface area contributed by atoms with Crippen molar-refractivity contribution in [2.75, 3.05) is 85.1 Å². The van der Waals surface area contributed by atoms with Gasteiger partial charge in [0.1, 0.15) is 11.7 Å². The lowest BCUT2D eigenvalue weighted by atomic mass is 9.91. The van der Waals surface area contributed by atoms with Crippen molar-refractivity contribution in [3.63, 3.8) is 0 Å². The maximum Gasteiger partial charge on any atom is 0.410 e. The molecule has 0 aliphatic carbocycles. The molecule has 9 nitrogen and oxygen atoms in total. The highest BCUT2D eigenvalue weighted by molar-refractivity contribution is 5.85. The molecule has 0 radical (unpaired) electrons. The van der Waals surface area contributed by atoms with Crippen LogP contribution in [0.4, 0.5) is 4.79 Å². The smallest absolute Gasteiger partial charge is 0.410 e. The monoisotopic (exact) mass is 481 g/mol. The van der Waals surface area contributed by atoms with Crippen LogP contribution in [-0.4, -0.2) is 128 Å². The van der Waals surface area contributed by atoms with Crippen LogP contribution in [0.1, 0.15) is 19.8 Å². The molecule has 31 heavy (non-hydrogen) atoms. The minimum atomic E-state index is -0.430. The number of nitrogens with zero attached hydrogens (tertiary/aromatic N) is 4. The molecule has 1 atom stereocenters. The molecule has 0 saturated carbocycles. The molecule has 1 unspecified atom stereocenters. The fraction of sp³-hybridized carbons (Fsp3) is 0.900. The molecule has 0 aromatic carbocycles. The van der Waals surface area contributed by atoms with Crippen molar-refractivity contribution in [1.82, 2.24) is 24.9 Å². The normalized spacial score (nSPS) is 26.9. The van der Waals surface area contributed by atoms with Gasteiger partial charge in [-0.25, -0.2) is 4.79 Å². The number of amides is 2. The Labute approximate surface area is 197 Å². The van der Waals surface area contributed by atoms with Crippen molar-refractivity contribution in [3.05, 3.63) is 0 Å². The predicted molar refractivity (Wildman–Crippen MR) is 122 cm³/mol. The number of piperidine rings is 1. The van der Waals surface area contributed by atoms with Gasteiger partial charge in [0.05, 0.1) is 13.2 Å². The van der Waals surface area contributed by atoms with Gasteiger partial charge in [0.25, 0.3) is 5.91 Å². The Balaban J connectivity index is 0.00000171.